The van der Waals surface area contributed by atoms with E-state index in [2.05, 4.69) is 45.8 Å². The number of pyridine rings is 1. The van der Waals surface area contributed by atoms with Crippen LogP contribution in [0.1, 0.15) is 18.0 Å². The molecule has 5 heterocycles. The van der Waals surface area contributed by atoms with Gasteiger partial charge in [0.1, 0.15) is 42.3 Å². The van der Waals surface area contributed by atoms with Gasteiger partial charge in [0.2, 0.25) is 0 Å². The van der Waals surface area contributed by atoms with Gasteiger partial charge in [-0.05, 0) is 24.6 Å². The summed E-state index contributed by atoms with van der Waals surface area (Å²) in [4.78, 5) is 15.4. The van der Waals surface area contributed by atoms with Gasteiger partial charge in [0.05, 0.1) is 23.5 Å². The molecule has 0 aromatic carbocycles. The van der Waals surface area contributed by atoms with E-state index in [0.29, 0.717) is 36.2 Å². The molecular formula is C27H32ClFN8OSi. The molecule has 4 aromatic heterocycles. The second-order valence-electron chi connectivity index (χ2n) is 11.1. The lowest BCUT2D eigenvalue weighted by Gasteiger charge is -2.23. The third-order valence-electron chi connectivity index (χ3n) is 7.22. The van der Waals surface area contributed by atoms with Gasteiger partial charge in [0.15, 0.2) is 0 Å². The van der Waals surface area contributed by atoms with Crippen molar-refractivity contribution in [3.8, 4) is 17.3 Å². The minimum atomic E-state index is -1.15. The van der Waals surface area contributed by atoms with Gasteiger partial charge in [-0.2, -0.15) is 10.4 Å². The van der Waals surface area contributed by atoms with Crippen LogP contribution < -0.4 is 4.90 Å². The highest BCUT2D eigenvalue weighted by Gasteiger charge is 2.33. The van der Waals surface area contributed by atoms with E-state index >= 15 is 0 Å². The molecule has 0 aliphatic carbocycles. The van der Waals surface area contributed by atoms with Crippen LogP contribution in [0.4, 0.5) is 10.2 Å². The van der Waals surface area contributed by atoms with Crippen LogP contribution in [0.3, 0.4) is 0 Å². The number of nitriles is 1. The number of fused-ring (bicyclic) bond motifs is 1. The summed E-state index contributed by atoms with van der Waals surface area (Å²) < 4.78 is 24.0. The fourth-order valence-electron chi connectivity index (χ4n) is 4.97. The molecule has 0 saturated carbocycles. The topological polar surface area (TPSA) is 97.7 Å². The Morgan fingerprint density at radius 3 is 2.87 bits per heavy atom. The van der Waals surface area contributed by atoms with Crippen LogP contribution in [-0.2, 0) is 11.5 Å². The monoisotopic (exact) mass is 566 g/mol. The van der Waals surface area contributed by atoms with Crippen molar-refractivity contribution in [3.05, 3.63) is 53.8 Å². The molecule has 5 rings (SSSR count). The zero-order chi connectivity index (χ0) is 27.6. The highest BCUT2D eigenvalue weighted by molar-refractivity contribution is 6.76. The second kappa shape index (κ2) is 11.4. The summed E-state index contributed by atoms with van der Waals surface area (Å²) >= 11 is 6.40. The smallest absolute Gasteiger partial charge is 0.148 e. The summed E-state index contributed by atoms with van der Waals surface area (Å²) in [6, 6.07) is 6.33. The van der Waals surface area contributed by atoms with Crippen molar-refractivity contribution in [2.75, 3.05) is 31.3 Å². The Hall–Kier alpha value is -3.33. The molecule has 0 spiro atoms. The second-order valence-corrected chi connectivity index (χ2v) is 17.1. The zero-order valence-electron chi connectivity index (χ0n) is 22.4. The van der Waals surface area contributed by atoms with Gasteiger partial charge < -0.3 is 14.2 Å². The SMILES string of the molecule is C[Si](C)(C)CCOCn1ccc2c(-c3cnn(C(CF)[C@H]4CCN(c5nccc(C#N)c5Cl)C4)c3)ncnc21. The van der Waals surface area contributed by atoms with E-state index in [1.165, 1.54) is 0 Å². The fraction of sp³-hybridized carbons (Fsp3) is 0.444. The summed E-state index contributed by atoms with van der Waals surface area (Å²) in [6.45, 7) is 8.86. The van der Waals surface area contributed by atoms with Crippen LogP contribution >= 0.6 is 11.6 Å². The maximum Gasteiger partial charge on any atom is 0.148 e. The molecule has 12 heteroatoms. The van der Waals surface area contributed by atoms with E-state index < -0.39 is 20.8 Å². The standard InChI is InChI=1S/C27H32ClFN8OSi/c1-39(2,3)11-10-38-18-36-9-6-22-25(32-17-33-26(22)36)21-14-34-37(16-21)23(12-29)20-5-8-35(15-20)27-24(28)19(13-30)4-7-31-27/h4,6-7,9,14,16-17,20,23H,5,8,10-12,15,18H2,1-3H3/t20-,23?/m0/s1. The molecule has 1 saturated heterocycles. The van der Waals surface area contributed by atoms with Crippen molar-refractivity contribution in [3.63, 3.8) is 0 Å². The summed E-state index contributed by atoms with van der Waals surface area (Å²) in [5, 5.41) is 15.1. The van der Waals surface area contributed by atoms with Crippen LogP contribution in [0.25, 0.3) is 22.3 Å². The van der Waals surface area contributed by atoms with Crippen molar-refractivity contribution < 1.29 is 9.13 Å². The average molecular weight is 567 g/mol. The minimum Gasteiger partial charge on any atom is -0.361 e. The predicted octanol–water partition coefficient (Wildman–Crippen LogP) is 5.56. The molecular weight excluding hydrogens is 535 g/mol. The Labute approximate surface area is 233 Å². The molecule has 1 fully saturated rings. The Bertz CT molecular complexity index is 1490. The van der Waals surface area contributed by atoms with Gasteiger partial charge >= 0.3 is 0 Å². The van der Waals surface area contributed by atoms with Crippen LogP contribution in [0.2, 0.25) is 30.7 Å². The van der Waals surface area contributed by atoms with Crippen molar-refractivity contribution in [1.82, 2.24) is 29.3 Å². The van der Waals surface area contributed by atoms with Crippen LogP contribution in [0.15, 0.2) is 43.2 Å². The number of aromatic nitrogens is 6. The molecule has 1 aliphatic heterocycles. The third-order valence-corrected chi connectivity index (χ3v) is 9.29. The van der Waals surface area contributed by atoms with Crippen molar-refractivity contribution >= 4 is 36.5 Å². The molecule has 0 N–H and O–H groups in total. The first-order valence-corrected chi connectivity index (χ1v) is 17.1. The molecule has 1 aliphatic rings. The van der Waals surface area contributed by atoms with Gasteiger partial charge in [-0.3, -0.25) is 4.68 Å². The number of nitrogens with zero attached hydrogens (tertiary/aromatic N) is 8. The van der Waals surface area contributed by atoms with Crippen LogP contribution in [0, 0.1) is 17.2 Å². The van der Waals surface area contributed by atoms with Crippen molar-refractivity contribution in [1.29, 1.82) is 5.26 Å². The average Bonchev–Trinajstić information content (AvgIpc) is 3.67. The van der Waals surface area contributed by atoms with Crippen molar-refractivity contribution in [2.45, 2.75) is 44.9 Å². The summed E-state index contributed by atoms with van der Waals surface area (Å²) in [6.07, 6.45) is 9.43. The molecule has 9 nitrogen and oxygen atoms in total. The summed E-state index contributed by atoms with van der Waals surface area (Å²) in [5.41, 5.74) is 2.73. The van der Waals surface area contributed by atoms with E-state index in [-0.39, 0.29) is 5.92 Å². The molecule has 2 atom stereocenters. The molecule has 4 aromatic rings. The summed E-state index contributed by atoms with van der Waals surface area (Å²) in [5.74, 6) is 0.570. The number of alkyl halides is 1. The Balaban J connectivity index is 1.31. The quantitative estimate of drug-likeness (QED) is 0.183. The van der Waals surface area contributed by atoms with E-state index in [1.54, 1.807) is 29.5 Å². The zero-order valence-corrected chi connectivity index (χ0v) is 24.1. The van der Waals surface area contributed by atoms with E-state index in [9.17, 15) is 9.65 Å². The fourth-order valence-corrected chi connectivity index (χ4v) is 6.00. The normalized spacial score (nSPS) is 16.6. The molecule has 0 amide bonds. The predicted molar refractivity (Wildman–Crippen MR) is 152 cm³/mol. The Morgan fingerprint density at radius 2 is 2.10 bits per heavy atom. The molecule has 0 bridgehead atoms. The van der Waals surface area contributed by atoms with Crippen LogP contribution in [0.5, 0.6) is 0 Å². The highest BCUT2D eigenvalue weighted by atomic mass is 35.5. The lowest BCUT2D eigenvalue weighted by atomic mass is 10.0. The third kappa shape index (κ3) is 5.83. The van der Waals surface area contributed by atoms with Crippen LogP contribution in [-0.4, -0.2) is 63.7 Å². The Morgan fingerprint density at radius 1 is 1.26 bits per heavy atom. The number of hydrogen-bond donors (Lipinski definition) is 0. The van der Waals surface area contributed by atoms with Crippen molar-refractivity contribution in [2.24, 2.45) is 5.92 Å². The van der Waals surface area contributed by atoms with E-state index in [0.717, 1.165) is 41.4 Å². The van der Waals surface area contributed by atoms with Gasteiger partial charge in [0, 0.05) is 63.2 Å². The Kier molecular flexibility index (Phi) is 7.97. The molecule has 1 unspecified atom stereocenters. The minimum absolute atomic E-state index is 0.00571. The van der Waals surface area contributed by atoms with Gasteiger partial charge in [-0.15, -0.1) is 0 Å². The van der Waals surface area contributed by atoms with Gasteiger partial charge in [-0.25, -0.2) is 19.3 Å². The maximum absolute atomic E-state index is 14.4. The lowest BCUT2D eigenvalue weighted by Crippen LogP contribution is -2.27. The summed E-state index contributed by atoms with van der Waals surface area (Å²) in [7, 11) is -1.15. The first kappa shape index (κ1) is 27.2. The number of anilines is 1. The number of hydrogen-bond acceptors (Lipinski definition) is 7. The van der Waals surface area contributed by atoms with E-state index in [1.807, 2.05) is 27.9 Å². The first-order valence-electron chi connectivity index (χ1n) is 13.1. The molecule has 0 radical (unpaired) electrons. The molecule has 204 valence electrons. The molecule has 39 heavy (non-hydrogen) atoms. The van der Waals surface area contributed by atoms with Gasteiger partial charge in [-0.1, -0.05) is 31.2 Å². The maximum atomic E-state index is 14.4. The van der Waals surface area contributed by atoms with Gasteiger partial charge in [0.25, 0.3) is 0 Å². The highest BCUT2D eigenvalue weighted by Crippen LogP contribution is 2.35. The number of halogens is 2. The first-order chi connectivity index (χ1) is 18.8. The largest absolute Gasteiger partial charge is 0.361 e. The van der Waals surface area contributed by atoms with E-state index in [4.69, 9.17) is 16.3 Å². The number of ether oxygens (including phenoxy) is 1. The number of rotatable bonds is 10. The lowest BCUT2D eigenvalue weighted by molar-refractivity contribution is 0.0899.